The molecule has 0 spiro atoms. The van der Waals surface area contributed by atoms with E-state index < -0.39 is 17.1 Å². The van der Waals surface area contributed by atoms with E-state index in [-0.39, 0.29) is 17.4 Å². The van der Waals surface area contributed by atoms with Crippen molar-refractivity contribution in [2.24, 2.45) is 12.1 Å². The van der Waals surface area contributed by atoms with Gasteiger partial charge in [-0.3, -0.25) is 14.3 Å². The predicted octanol–water partition coefficient (Wildman–Crippen LogP) is -0.0765. The topological polar surface area (TPSA) is 120 Å². The highest BCUT2D eigenvalue weighted by Gasteiger charge is 2.26. The number of nitrogens with zero attached hydrogens (tertiary/aromatic N) is 2. The van der Waals surface area contributed by atoms with Gasteiger partial charge < -0.3 is 15.6 Å². The van der Waals surface area contributed by atoms with Crippen molar-refractivity contribution < 1.29 is 10.2 Å². The Balaban J connectivity index is 1.93. The molecule has 0 saturated heterocycles. The van der Waals surface area contributed by atoms with Gasteiger partial charge in [-0.2, -0.15) is 5.10 Å². The van der Waals surface area contributed by atoms with E-state index in [0.717, 1.165) is 10.1 Å². The molecule has 1 aliphatic rings. The smallest absolute Gasteiger partial charge is 0.330 e. The molecule has 1 aromatic carbocycles. The van der Waals surface area contributed by atoms with E-state index in [4.69, 9.17) is 0 Å². The van der Waals surface area contributed by atoms with Crippen LogP contribution in [0.3, 0.4) is 0 Å². The first-order valence-corrected chi connectivity index (χ1v) is 6.61. The van der Waals surface area contributed by atoms with E-state index >= 15 is 0 Å². The van der Waals surface area contributed by atoms with Crippen molar-refractivity contribution in [3.8, 4) is 11.6 Å². The van der Waals surface area contributed by atoms with E-state index in [1.165, 1.54) is 7.05 Å². The van der Waals surface area contributed by atoms with Crippen molar-refractivity contribution in [2.45, 2.75) is 12.5 Å². The van der Waals surface area contributed by atoms with Crippen LogP contribution in [0, 0.1) is 0 Å². The van der Waals surface area contributed by atoms with Crippen molar-refractivity contribution in [1.29, 1.82) is 0 Å². The SMILES string of the molecule is Cn1c(O)c(C2=NN[C@H](c3ccc(O)cc3)C2)c(=O)[nH]c1=O. The van der Waals surface area contributed by atoms with Crippen LogP contribution >= 0.6 is 0 Å². The summed E-state index contributed by atoms with van der Waals surface area (Å²) in [7, 11) is 1.36. The zero-order chi connectivity index (χ0) is 15.9. The van der Waals surface area contributed by atoms with E-state index in [1.807, 2.05) is 0 Å². The Morgan fingerprint density at radius 2 is 1.91 bits per heavy atom. The number of nitrogens with one attached hydrogen (secondary N) is 2. The number of phenolic OH excluding ortho intramolecular Hbond substituents is 1. The molecule has 3 rings (SSSR count). The number of aromatic hydroxyl groups is 2. The highest BCUT2D eigenvalue weighted by molar-refractivity contribution is 6.03. The number of aromatic amines is 1. The van der Waals surface area contributed by atoms with Crippen molar-refractivity contribution in [2.75, 3.05) is 0 Å². The first-order chi connectivity index (χ1) is 10.5. The minimum Gasteiger partial charge on any atom is -0.508 e. The molecule has 1 aromatic heterocycles. The molecular formula is C14H14N4O4. The lowest BCUT2D eigenvalue weighted by Crippen LogP contribution is -2.32. The van der Waals surface area contributed by atoms with Crippen LogP contribution in [0.4, 0.5) is 0 Å². The van der Waals surface area contributed by atoms with Gasteiger partial charge in [0.15, 0.2) is 0 Å². The number of benzene rings is 1. The van der Waals surface area contributed by atoms with Gasteiger partial charge in [0.2, 0.25) is 5.88 Å². The molecular weight excluding hydrogens is 288 g/mol. The highest BCUT2D eigenvalue weighted by atomic mass is 16.3. The Bertz CT molecular complexity index is 864. The number of hydrogen-bond donors (Lipinski definition) is 4. The van der Waals surface area contributed by atoms with Gasteiger partial charge in [0.1, 0.15) is 11.3 Å². The third-order valence-corrected chi connectivity index (χ3v) is 3.63. The van der Waals surface area contributed by atoms with Crippen LogP contribution in [0.15, 0.2) is 39.0 Å². The summed E-state index contributed by atoms with van der Waals surface area (Å²) in [4.78, 5) is 25.5. The molecule has 0 fully saturated rings. The predicted molar refractivity (Wildman–Crippen MR) is 79.1 cm³/mol. The van der Waals surface area contributed by atoms with Gasteiger partial charge in [-0.15, -0.1) is 0 Å². The maximum atomic E-state index is 11.9. The molecule has 2 aromatic rings. The lowest BCUT2D eigenvalue weighted by Gasteiger charge is -2.10. The Labute approximate surface area is 124 Å². The van der Waals surface area contributed by atoms with Gasteiger partial charge in [0.05, 0.1) is 11.8 Å². The van der Waals surface area contributed by atoms with Gasteiger partial charge in [-0.1, -0.05) is 12.1 Å². The number of hydrogen-bond acceptors (Lipinski definition) is 6. The second-order valence-corrected chi connectivity index (χ2v) is 5.05. The maximum Gasteiger partial charge on any atom is 0.330 e. The molecule has 0 unspecified atom stereocenters. The van der Waals surface area contributed by atoms with Gasteiger partial charge in [0.25, 0.3) is 5.56 Å². The first-order valence-electron chi connectivity index (χ1n) is 6.61. The molecule has 0 saturated carbocycles. The van der Waals surface area contributed by atoms with E-state index in [9.17, 15) is 19.8 Å². The Morgan fingerprint density at radius 1 is 1.23 bits per heavy atom. The van der Waals surface area contributed by atoms with Crippen LogP contribution in [0.5, 0.6) is 11.6 Å². The monoisotopic (exact) mass is 302 g/mol. The lowest BCUT2D eigenvalue weighted by molar-refractivity contribution is 0.416. The van der Waals surface area contributed by atoms with Gasteiger partial charge in [-0.05, 0) is 17.7 Å². The number of aromatic nitrogens is 2. The number of hydrazone groups is 1. The zero-order valence-corrected chi connectivity index (χ0v) is 11.7. The van der Waals surface area contributed by atoms with E-state index in [1.54, 1.807) is 24.3 Å². The molecule has 1 aliphatic heterocycles. The molecule has 0 radical (unpaired) electrons. The lowest BCUT2D eigenvalue weighted by atomic mass is 10.00. The summed E-state index contributed by atoms with van der Waals surface area (Å²) in [5.74, 6) is -0.254. The van der Waals surface area contributed by atoms with Crippen LogP contribution in [-0.2, 0) is 7.05 Å². The van der Waals surface area contributed by atoms with Crippen LogP contribution in [0.25, 0.3) is 0 Å². The van der Waals surface area contributed by atoms with Gasteiger partial charge >= 0.3 is 5.69 Å². The number of H-pyrrole nitrogens is 1. The van der Waals surface area contributed by atoms with Crippen LogP contribution in [0.2, 0.25) is 0 Å². The first kappa shape index (κ1) is 13.9. The second-order valence-electron chi connectivity index (χ2n) is 5.05. The molecule has 22 heavy (non-hydrogen) atoms. The normalized spacial score (nSPS) is 17.1. The van der Waals surface area contributed by atoms with Crippen molar-refractivity contribution in [3.63, 3.8) is 0 Å². The Hall–Kier alpha value is -3.03. The number of phenols is 1. The second kappa shape index (κ2) is 5.06. The summed E-state index contributed by atoms with van der Waals surface area (Å²) < 4.78 is 0.952. The molecule has 1 atom stereocenters. The largest absolute Gasteiger partial charge is 0.508 e. The molecule has 0 amide bonds. The van der Waals surface area contributed by atoms with Crippen LogP contribution < -0.4 is 16.7 Å². The molecule has 8 nitrogen and oxygen atoms in total. The fourth-order valence-corrected chi connectivity index (χ4v) is 2.37. The van der Waals surface area contributed by atoms with Crippen LogP contribution in [0.1, 0.15) is 23.6 Å². The quantitative estimate of drug-likeness (QED) is 0.618. The minimum atomic E-state index is -0.687. The Morgan fingerprint density at radius 3 is 2.59 bits per heavy atom. The molecule has 8 heteroatoms. The average molecular weight is 302 g/mol. The summed E-state index contributed by atoms with van der Waals surface area (Å²) in [6.07, 6.45) is 0.375. The fraction of sp³-hybridized carbons (Fsp3) is 0.214. The summed E-state index contributed by atoms with van der Waals surface area (Å²) in [5, 5.41) is 23.4. The summed E-state index contributed by atoms with van der Waals surface area (Å²) in [5.41, 5.74) is 2.76. The van der Waals surface area contributed by atoms with E-state index in [2.05, 4.69) is 15.5 Å². The van der Waals surface area contributed by atoms with E-state index in [0.29, 0.717) is 12.1 Å². The summed E-state index contributed by atoms with van der Waals surface area (Å²) in [6, 6.07) is 6.44. The molecule has 0 bridgehead atoms. The van der Waals surface area contributed by atoms with Crippen LogP contribution in [-0.4, -0.2) is 25.5 Å². The zero-order valence-electron chi connectivity index (χ0n) is 11.7. The van der Waals surface area contributed by atoms with Crippen molar-refractivity contribution in [3.05, 3.63) is 56.2 Å². The summed E-state index contributed by atoms with van der Waals surface area (Å²) >= 11 is 0. The third-order valence-electron chi connectivity index (χ3n) is 3.63. The van der Waals surface area contributed by atoms with Crippen molar-refractivity contribution in [1.82, 2.24) is 15.0 Å². The van der Waals surface area contributed by atoms with Crippen molar-refractivity contribution >= 4 is 5.71 Å². The summed E-state index contributed by atoms with van der Waals surface area (Å²) in [6.45, 7) is 0. The average Bonchev–Trinajstić information content (AvgIpc) is 2.95. The van der Waals surface area contributed by atoms with Gasteiger partial charge in [-0.25, -0.2) is 4.79 Å². The molecule has 4 N–H and O–H groups in total. The highest BCUT2D eigenvalue weighted by Crippen LogP contribution is 2.26. The molecule has 0 aliphatic carbocycles. The maximum absolute atomic E-state index is 11.9. The molecule has 2 heterocycles. The Kier molecular flexibility index (Phi) is 3.21. The molecule has 114 valence electrons. The minimum absolute atomic E-state index is 0.0177. The fourth-order valence-electron chi connectivity index (χ4n) is 2.37. The number of rotatable bonds is 2. The standard InChI is InChI=1S/C14H14N4O4/c1-18-13(21)11(12(20)15-14(18)22)10-6-9(16-17-10)7-2-4-8(19)5-3-7/h2-5,9,16,19,21H,6H2,1H3,(H,15,20,22)/t9-/m0/s1. The van der Waals surface area contributed by atoms with Gasteiger partial charge in [0, 0.05) is 13.5 Å². The third kappa shape index (κ3) is 2.24.